The summed E-state index contributed by atoms with van der Waals surface area (Å²) in [7, 11) is 0. The molecule has 5 nitrogen and oxygen atoms in total. The first-order chi connectivity index (χ1) is 7.83. The predicted octanol–water partition coefficient (Wildman–Crippen LogP) is 1.55. The molecule has 0 fully saturated rings. The highest BCUT2D eigenvalue weighted by atomic mass is 32.1. The summed E-state index contributed by atoms with van der Waals surface area (Å²) in [5, 5.41) is 3.10. The number of hydrazine groups is 1. The molecule has 1 heterocycles. The molecule has 0 unspecified atom stereocenters. The third kappa shape index (κ3) is 2.29. The quantitative estimate of drug-likeness (QED) is 0.319. The first kappa shape index (κ1) is 10.8. The molecule has 0 amide bonds. The number of benzene rings is 1. The van der Waals surface area contributed by atoms with Crippen molar-refractivity contribution in [2.24, 2.45) is 10.8 Å². The van der Waals surface area contributed by atoms with E-state index in [-0.39, 0.29) is 0 Å². The van der Waals surface area contributed by atoms with E-state index in [0.717, 1.165) is 15.9 Å². The third-order valence-electron chi connectivity index (χ3n) is 2.05. The molecule has 0 aliphatic heterocycles. The van der Waals surface area contributed by atoms with Crippen LogP contribution in [0.3, 0.4) is 0 Å². The van der Waals surface area contributed by atoms with Gasteiger partial charge in [-0.2, -0.15) is 0 Å². The molecule has 0 aliphatic carbocycles. The smallest absolute Gasteiger partial charge is 0.210 e. The third-order valence-corrected chi connectivity index (χ3v) is 2.84. The number of rotatable bonds is 2. The summed E-state index contributed by atoms with van der Waals surface area (Å²) in [5.74, 6) is 5.91. The molecule has 4 N–H and O–H groups in total. The maximum absolute atomic E-state index is 5.35. The average molecular weight is 235 g/mol. The Morgan fingerprint density at radius 1 is 1.56 bits per heavy atom. The van der Waals surface area contributed by atoms with Gasteiger partial charge in [0.1, 0.15) is 0 Å². The average Bonchev–Trinajstić information content (AvgIpc) is 2.75. The molecule has 6 heteroatoms. The first-order valence-corrected chi connectivity index (χ1v) is 5.82. The Morgan fingerprint density at radius 2 is 2.44 bits per heavy atom. The Balaban J connectivity index is 2.23. The molecule has 0 atom stereocenters. The van der Waals surface area contributed by atoms with E-state index in [0.29, 0.717) is 12.5 Å². The van der Waals surface area contributed by atoms with Gasteiger partial charge in [-0.05, 0) is 25.1 Å². The monoisotopic (exact) mass is 235 g/mol. The van der Waals surface area contributed by atoms with Crippen molar-refractivity contribution in [1.29, 1.82) is 0 Å². The number of nitrogens with one attached hydrogen (secondary N) is 2. The molecule has 2 rings (SSSR count). The summed E-state index contributed by atoms with van der Waals surface area (Å²) < 4.78 is 1.14. The second-order valence-corrected chi connectivity index (χ2v) is 4.01. The van der Waals surface area contributed by atoms with Gasteiger partial charge in [-0.15, -0.1) is 11.3 Å². The maximum Gasteiger partial charge on any atom is 0.210 e. The predicted molar refractivity (Wildman–Crippen MR) is 68.5 cm³/mol. The number of hydrogen-bond donors (Lipinski definition) is 3. The van der Waals surface area contributed by atoms with Gasteiger partial charge < -0.3 is 5.32 Å². The van der Waals surface area contributed by atoms with Crippen LogP contribution in [0.5, 0.6) is 0 Å². The number of nitrogens with two attached hydrogens (primary N) is 1. The van der Waals surface area contributed by atoms with Crippen LogP contribution >= 0.6 is 11.3 Å². The number of nitrogens with zero attached hydrogens (tertiary/aromatic N) is 2. The van der Waals surface area contributed by atoms with Crippen LogP contribution in [-0.2, 0) is 0 Å². The maximum atomic E-state index is 5.35. The van der Waals surface area contributed by atoms with E-state index in [4.69, 9.17) is 5.84 Å². The van der Waals surface area contributed by atoms with Gasteiger partial charge in [0.2, 0.25) is 5.96 Å². The Kier molecular flexibility index (Phi) is 3.33. The summed E-state index contributed by atoms with van der Waals surface area (Å²) >= 11 is 1.61. The molecule has 84 valence electrons. The topological polar surface area (TPSA) is 75.3 Å². The minimum Gasteiger partial charge on any atom is -0.325 e. The summed E-state index contributed by atoms with van der Waals surface area (Å²) in [4.78, 5) is 8.38. The summed E-state index contributed by atoms with van der Waals surface area (Å²) in [6.45, 7) is 2.63. The standard InChI is InChI=1S/C10H13N5S/c1-2-12-10(15-11)14-7-3-4-8-9(5-7)16-6-13-8/h3-6H,2,11H2,1H3,(H2,12,14,15). The normalized spacial score (nSPS) is 11.8. The lowest BCUT2D eigenvalue weighted by atomic mass is 10.3. The van der Waals surface area contributed by atoms with Crippen LogP contribution < -0.4 is 16.6 Å². The molecule has 0 bridgehead atoms. The highest BCUT2D eigenvalue weighted by Gasteiger charge is 2.00. The van der Waals surface area contributed by atoms with Gasteiger partial charge in [0, 0.05) is 12.2 Å². The van der Waals surface area contributed by atoms with E-state index in [2.05, 4.69) is 20.7 Å². The van der Waals surface area contributed by atoms with E-state index < -0.39 is 0 Å². The van der Waals surface area contributed by atoms with Gasteiger partial charge in [-0.25, -0.2) is 10.8 Å². The number of fused-ring (bicyclic) bond motifs is 1. The fourth-order valence-corrected chi connectivity index (χ4v) is 2.07. The highest BCUT2D eigenvalue weighted by Crippen LogP contribution is 2.21. The van der Waals surface area contributed by atoms with Crippen molar-refractivity contribution in [3.05, 3.63) is 23.7 Å². The van der Waals surface area contributed by atoms with Crippen molar-refractivity contribution in [3.63, 3.8) is 0 Å². The molecule has 0 saturated carbocycles. The van der Waals surface area contributed by atoms with Crippen LogP contribution in [-0.4, -0.2) is 17.5 Å². The first-order valence-electron chi connectivity index (χ1n) is 4.95. The number of guanidine groups is 1. The highest BCUT2D eigenvalue weighted by molar-refractivity contribution is 7.16. The molecule has 16 heavy (non-hydrogen) atoms. The zero-order valence-electron chi connectivity index (χ0n) is 8.90. The largest absolute Gasteiger partial charge is 0.325 e. The number of hydrogen-bond acceptors (Lipinski definition) is 4. The Morgan fingerprint density at radius 3 is 3.19 bits per heavy atom. The molecule has 0 aliphatic rings. The number of aromatic nitrogens is 1. The second kappa shape index (κ2) is 4.91. The van der Waals surface area contributed by atoms with Gasteiger partial charge in [0.05, 0.1) is 15.7 Å². The minimum absolute atomic E-state index is 0.561. The zero-order chi connectivity index (χ0) is 11.4. The summed E-state index contributed by atoms with van der Waals surface area (Å²) in [6, 6.07) is 5.94. The van der Waals surface area contributed by atoms with Gasteiger partial charge in [0.25, 0.3) is 0 Å². The SMILES string of the molecule is CCN=C(NN)Nc1ccc2ncsc2c1. The van der Waals surface area contributed by atoms with E-state index in [1.54, 1.807) is 11.3 Å². The van der Waals surface area contributed by atoms with E-state index in [1.165, 1.54) is 0 Å². The van der Waals surface area contributed by atoms with Crippen LogP contribution in [0.1, 0.15) is 6.92 Å². The molecular formula is C10H13N5S. The van der Waals surface area contributed by atoms with E-state index in [1.807, 2.05) is 30.6 Å². The minimum atomic E-state index is 0.561. The van der Waals surface area contributed by atoms with Crippen LogP contribution in [0.15, 0.2) is 28.7 Å². The van der Waals surface area contributed by atoms with Crippen molar-refractivity contribution in [3.8, 4) is 0 Å². The van der Waals surface area contributed by atoms with Crippen LogP contribution in [0.4, 0.5) is 5.69 Å². The van der Waals surface area contributed by atoms with Crippen molar-refractivity contribution in [2.45, 2.75) is 6.92 Å². The Bertz CT molecular complexity index is 505. The van der Waals surface area contributed by atoms with Gasteiger partial charge in [0.15, 0.2) is 0 Å². The second-order valence-electron chi connectivity index (χ2n) is 3.13. The van der Waals surface area contributed by atoms with E-state index in [9.17, 15) is 0 Å². The Labute approximate surface area is 97.4 Å². The molecule has 2 aromatic rings. The zero-order valence-corrected chi connectivity index (χ0v) is 9.71. The fourth-order valence-electron chi connectivity index (χ4n) is 1.35. The van der Waals surface area contributed by atoms with Gasteiger partial charge in [-0.3, -0.25) is 10.4 Å². The van der Waals surface area contributed by atoms with E-state index >= 15 is 0 Å². The molecule has 0 spiro atoms. The van der Waals surface area contributed by atoms with Gasteiger partial charge in [-0.1, -0.05) is 0 Å². The molecule has 0 saturated heterocycles. The van der Waals surface area contributed by atoms with Crippen LogP contribution in [0.25, 0.3) is 10.2 Å². The van der Waals surface area contributed by atoms with Crippen LogP contribution in [0, 0.1) is 0 Å². The fraction of sp³-hybridized carbons (Fsp3) is 0.200. The summed E-state index contributed by atoms with van der Waals surface area (Å²) in [5.41, 5.74) is 6.30. The van der Waals surface area contributed by atoms with Crippen molar-refractivity contribution in [2.75, 3.05) is 11.9 Å². The summed E-state index contributed by atoms with van der Waals surface area (Å²) in [6.07, 6.45) is 0. The lowest BCUT2D eigenvalue weighted by Crippen LogP contribution is -2.36. The Hall–Kier alpha value is -1.66. The number of anilines is 1. The lowest BCUT2D eigenvalue weighted by molar-refractivity contribution is 0.986. The van der Waals surface area contributed by atoms with Crippen molar-refractivity contribution >= 4 is 33.2 Å². The molecule has 0 radical (unpaired) electrons. The van der Waals surface area contributed by atoms with Crippen LogP contribution in [0.2, 0.25) is 0 Å². The van der Waals surface area contributed by atoms with Crippen molar-refractivity contribution < 1.29 is 0 Å². The lowest BCUT2D eigenvalue weighted by Gasteiger charge is -2.08. The number of thiazole rings is 1. The van der Waals surface area contributed by atoms with Gasteiger partial charge >= 0.3 is 0 Å². The molecule has 1 aromatic carbocycles. The molecule has 1 aromatic heterocycles. The molecular weight excluding hydrogens is 222 g/mol. The number of aliphatic imine (C=N–C) groups is 1. The van der Waals surface area contributed by atoms with Crippen molar-refractivity contribution in [1.82, 2.24) is 10.4 Å².